The Balaban J connectivity index is 1.83. The average Bonchev–Trinajstić information content (AvgIpc) is 3.04. The van der Waals surface area contributed by atoms with Crippen LogP contribution in [0.15, 0.2) is 24.3 Å². The molecule has 0 aromatic heterocycles. The fourth-order valence-electron chi connectivity index (χ4n) is 2.80. The Bertz CT molecular complexity index is 371. The predicted molar refractivity (Wildman–Crippen MR) is 67.7 cm³/mol. The number of hydrogen-bond donors (Lipinski definition) is 1. The zero-order chi connectivity index (χ0) is 11.0. The lowest BCUT2D eigenvalue weighted by Gasteiger charge is -2.27. The summed E-state index contributed by atoms with van der Waals surface area (Å²) in [7, 11) is 0. The Morgan fingerprint density at radius 1 is 1.25 bits per heavy atom. The number of benzene rings is 1. The normalized spacial score (nSPS) is 23.6. The van der Waals surface area contributed by atoms with Gasteiger partial charge < -0.3 is 10.6 Å². The molecule has 1 saturated carbocycles. The van der Waals surface area contributed by atoms with Crippen LogP contribution in [0.5, 0.6) is 0 Å². The Morgan fingerprint density at radius 3 is 2.81 bits per heavy atom. The first-order valence-electron chi connectivity index (χ1n) is 6.43. The molecule has 3 rings (SSSR count). The van der Waals surface area contributed by atoms with E-state index in [1.54, 1.807) is 0 Å². The Kier molecular flexibility index (Phi) is 2.60. The van der Waals surface area contributed by atoms with Crippen molar-refractivity contribution in [1.82, 2.24) is 0 Å². The monoisotopic (exact) mass is 216 g/mol. The first-order chi connectivity index (χ1) is 7.88. The standard InChI is InChI=1S/C14H20N2/c15-8-7-13-9-12-3-1-2-4-14(12)16(13)10-11-5-6-11/h1-4,11,13H,5-10,15H2. The summed E-state index contributed by atoms with van der Waals surface area (Å²) in [6.45, 7) is 2.06. The molecule has 0 amide bonds. The highest BCUT2D eigenvalue weighted by atomic mass is 15.2. The smallest absolute Gasteiger partial charge is 0.0402 e. The molecule has 1 aromatic rings. The number of nitrogens with zero attached hydrogens (tertiary/aromatic N) is 1. The van der Waals surface area contributed by atoms with Crippen LogP contribution in [-0.4, -0.2) is 19.1 Å². The number of rotatable bonds is 4. The zero-order valence-electron chi connectivity index (χ0n) is 9.73. The van der Waals surface area contributed by atoms with Crippen LogP contribution in [-0.2, 0) is 6.42 Å². The summed E-state index contributed by atoms with van der Waals surface area (Å²) in [5.74, 6) is 0.950. The first-order valence-corrected chi connectivity index (χ1v) is 6.43. The van der Waals surface area contributed by atoms with Gasteiger partial charge in [0.05, 0.1) is 0 Å². The van der Waals surface area contributed by atoms with E-state index < -0.39 is 0 Å². The van der Waals surface area contributed by atoms with E-state index in [9.17, 15) is 0 Å². The van der Waals surface area contributed by atoms with Crippen LogP contribution >= 0.6 is 0 Å². The van der Waals surface area contributed by atoms with Gasteiger partial charge in [0.15, 0.2) is 0 Å². The lowest BCUT2D eigenvalue weighted by Crippen LogP contribution is -2.35. The Labute approximate surface area is 97.4 Å². The molecule has 1 unspecified atom stereocenters. The van der Waals surface area contributed by atoms with Crippen molar-refractivity contribution in [2.45, 2.75) is 31.7 Å². The first kappa shape index (κ1) is 10.2. The fourth-order valence-corrected chi connectivity index (χ4v) is 2.80. The van der Waals surface area contributed by atoms with E-state index in [4.69, 9.17) is 5.73 Å². The molecule has 2 N–H and O–H groups in total. The molecule has 2 aliphatic rings. The third-order valence-electron chi connectivity index (χ3n) is 3.85. The Hall–Kier alpha value is -1.02. The van der Waals surface area contributed by atoms with E-state index in [2.05, 4.69) is 29.2 Å². The van der Waals surface area contributed by atoms with Crippen LogP contribution in [0.4, 0.5) is 5.69 Å². The molecule has 0 radical (unpaired) electrons. The molecule has 0 saturated heterocycles. The van der Waals surface area contributed by atoms with E-state index in [1.807, 2.05) is 0 Å². The van der Waals surface area contributed by atoms with Crippen LogP contribution in [0.1, 0.15) is 24.8 Å². The summed E-state index contributed by atoms with van der Waals surface area (Å²) in [6, 6.07) is 9.51. The fraction of sp³-hybridized carbons (Fsp3) is 0.571. The van der Waals surface area contributed by atoms with Crippen molar-refractivity contribution < 1.29 is 0 Å². The number of hydrogen-bond acceptors (Lipinski definition) is 2. The summed E-state index contributed by atoms with van der Waals surface area (Å²) >= 11 is 0. The molecule has 2 heteroatoms. The molecule has 1 heterocycles. The van der Waals surface area contributed by atoms with Gasteiger partial charge in [-0.3, -0.25) is 0 Å². The topological polar surface area (TPSA) is 29.3 Å². The van der Waals surface area contributed by atoms with E-state index in [1.165, 1.54) is 37.1 Å². The number of fused-ring (bicyclic) bond motifs is 1. The maximum atomic E-state index is 5.73. The number of para-hydroxylation sites is 1. The SMILES string of the molecule is NCCC1Cc2ccccc2N1CC1CC1. The van der Waals surface area contributed by atoms with Crippen molar-refractivity contribution in [3.05, 3.63) is 29.8 Å². The van der Waals surface area contributed by atoms with Gasteiger partial charge in [-0.05, 0) is 49.8 Å². The molecule has 86 valence electrons. The van der Waals surface area contributed by atoms with Crippen LogP contribution in [0.3, 0.4) is 0 Å². The third-order valence-corrected chi connectivity index (χ3v) is 3.85. The lowest BCUT2D eigenvalue weighted by atomic mass is 10.1. The van der Waals surface area contributed by atoms with Gasteiger partial charge >= 0.3 is 0 Å². The van der Waals surface area contributed by atoms with Crippen molar-refractivity contribution in [2.75, 3.05) is 18.0 Å². The van der Waals surface area contributed by atoms with Gasteiger partial charge in [0, 0.05) is 18.3 Å². The van der Waals surface area contributed by atoms with Gasteiger partial charge in [-0.2, -0.15) is 0 Å². The van der Waals surface area contributed by atoms with Crippen LogP contribution in [0, 0.1) is 5.92 Å². The van der Waals surface area contributed by atoms with Crippen molar-refractivity contribution in [1.29, 1.82) is 0 Å². The van der Waals surface area contributed by atoms with Crippen molar-refractivity contribution >= 4 is 5.69 Å². The van der Waals surface area contributed by atoms with Gasteiger partial charge in [-0.15, -0.1) is 0 Å². The van der Waals surface area contributed by atoms with Crippen molar-refractivity contribution in [3.63, 3.8) is 0 Å². The average molecular weight is 216 g/mol. The maximum absolute atomic E-state index is 5.73. The van der Waals surface area contributed by atoms with Crippen molar-refractivity contribution in [3.8, 4) is 0 Å². The van der Waals surface area contributed by atoms with Crippen molar-refractivity contribution in [2.24, 2.45) is 11.7 Å². The minimum atomic E-state index is 0.656. The molecular weight excluding hydrogens is 196 g/mol. The van der Waals surface area contributed by atoms with Gasteiger partial charge in [-0.25, -0.2) is 0 Å². The number of anilines is 1. The summed E-state index contributed by atoms with van der Waals surface area (Å²) in [6.07, 6.45) is 5.17. The molecule has 1 aromatic carbocycles. The second kappa shape index (κ2) is 4.10. The second-order valence-corrected chi connectivity index (χ2v) is 5.16. The van der Waals surface area contributed by atoms with Gasteiger partial charge in [0.1, 0.15) is 0 Å². The maximum Gasteiger partial charge on any atom is 0.0402 e. The number of nitrogens with two attached hydrogens (primary N) is 1. The minimum Gasteiger partial charge on any atom is -0.368 e. The van der Waals surface area contributed by atoms with Gasteiger partial charge in [0.2, 0.25) is 0 Å². The lowest BCUT2D eigenvalue weighted by molar-refractivity contribution is 0.567. The molecule has 1 aliphatic heterocycles. The van der Waals surface area contributed by atoms with Crippen LogP contribution < -0.4 is 10.6 Å². The molecular formula is C14H20N2. The highest BCUT2D eigenvalue weighted by molar-refractivity contribution is 5.59. The van der Waals surface area contributed by atoms with E-state index in [0.717, 1.165) is 18.9 Å². The van der Waals surface area contributed by atoms with E-state index in [0.29, 0.717) is 6.04 Å². The second-order valence-electron chi connectivity index (χ2n) is 5.16. The van der Waals surface area contributed by atoms with Crippen LogP contribution in [0.25, 0.3) is 0 Å². The zero-order valence-corrected chi connectivity index (χ0v) is 9.73. The van der Waals surface area contributed by atoms with E-state index >= 15 is 0 Å². The highest BCUT2D eigenvalue weighted by Crippen LogP contribution is 2.38. The van der Waals surface area contributed by atoms with Gasteiger partial charge in [0.25, 0.3) is 0 Å². The molecule has 2 nitrogen and oxygen atoms in total. The largest absolute Gasteiger partial charge is 0.368 e. The van der Waals surface area contributed by atoms with Gasteiger partial charge in [-0.1, -0.05) is 18.2 Å². The quantitative estimate of drug-likeness (QED) is 0.836. The van der Waals surface area contributed by atoms with Crippen LogP contribution in [0.2, 0.25) is 0 Å². The molecule has 1 fully saturated rings. The molecule has 16 heavy (non-hydrogen) atoms. The third kappa shape index (κ3) is 1.82. The summed E-state index contributed by atoms with van der Waals surface area (Å²) < 4.78 is 0. The van der Waals surface area contributed by atoms with E-state index in [-0.39, 0.29) is 0 Å². The molecule has 0 bridgehead atoms. The molecule has 0 spiro atoms. The Morgan fingerprint density at radius 2 is 2.06 bits per heavy atom. The molecule has 1 aliphatic carbocycles. The summed E-state index contributed by atoms with van der Waals surface area (Å²) in [4.78, 5) is 2.61. The highest BCUT2D eigenvalue weighted by Gasteiger charge is 2.33. The molecule has 1 atom stereocenters. The minimum absolute atomic E-state index is 0.656. The summed E-state index contributed by atoms with van der Waals surface area (Å²) in [5, 5.41) is 0. The summed E-state index contributed by atoms with van der Waals surface area (Å²) in [5.41, 5.74) is 8.71. The predicted octanol–water partition coefficient (Wildman–Crippen LogP) is 2.18.